The number of thiazole rings is 1. The summed E-state index contributed by atoms with van der Waals surface area (Å²) in [4.78, 5) is 31.4. The number of carbonyl (C=O) groups excluding carboxylic acids is 1. The average molecular weight is 501 g/mol. The van der Waals surface area contributed by atoms with Crippen LogP contribution in [-0.4, -0.2) is 23.8 Å². The molecule has 1 aliphatic heterocycles. The van der Waals surface area contributed by atoms with Crippen molar-refractivity contribution in [2.45, 2.75) is 26.8 Å². The van der Waals surface area contributed by atoms with Gasteiger partial charge in [-0.2, -0.15) is 0 Å². The minimum Gasteiger partial charge on any atom is -0.494 e. The first-order chi connectivity index (χ1) is 16.3. The summed E-state index contributed by atoms with van der Waals surface area (Å²) in [7, 11) is 0. The Morgan fingerprint density at radius 3 is 2.59 bits per heavy atom. The highest BCUT2D eigenvalue weighted by Gasteiger charge is 2.33. The smallest absolute Gasteiger partial charge is 0.338 e. The fourth-order valence-corrected chi connectivity index (χ4v) is 5.05. The molecule has 1 aliphatic rings. The van der Waals surface area contributed by atoms with E-state index in [-0.39, 0.29) is 27.3 Å². The van der Waals surface area contributed by atoms with Gasteiger partial charge in [-0.3, -0.25) is 9.36 Å². The second-order valence-electron chi connectivity index (χ2n) is 7.44. The van der Waals surface area contributed by atoms with Crippen molar-refractivity contribution in [1.29, 1.82) is 0 Å². The maximum absolute atomic E-state index is 14.4. The van der Waals surface area contributed by atoms with Gasteiger partial charge >= 0.3 is 5.97 Å². The van der Waals surface area contributed by atoms with E-state index in [2.05, 4.69) is 4.99 Å². The van der Waals surface area contributed by atoms with E-state index in [4.69, 9.17) is 21.1 Å². The van der Waals surface area contributed by atoms with Crippen molar-refractivity contribution in [2.75, 3.05) is 13.2 Å². The molecule has 1 aromatic heterocycles. The predicted molar refractivity (Wildman–Crippen MR) is 129 cm³/mol. The largest absolute Gasteiger partial charge is 0.494 e. The maximum Gasteiger partial charge on any atom is 0.338 e. The van der Waals surface area contributed by atoms with Crippen molar-refractivity contribution in [3.8, 4) is 5.75 Å². The van der Waals surface area contributed by atoms with Gasteiger partial charge in [0.2, 0.25) is 0 Å². The molecular formula is C25H22ClFN2O4S. The van der Waals surface area contributed by atoms with E-state index < -0.39 is 23.4 Å². The first-order valence-electron chi connectivity index (χ1n) is 10.7. The molecule has 9 heteroatoms. The van der Waals surface area contributed by atoms with Gasteiger partial charge in [-0.25, -0.2) is 14.2 Å². The lowest BCUT2D eigenvalue weighted by Crippen LogP contribution is -2.39. The van der Waals surface area contributed by atoms with Crippen LogP contribution >= 0.6 is 22.9 Å². The summed E-state index contributed by atoms with van der Waals surface area (Å²) in [5, 5.41) is 0.192. The summed E-state index contributed by atoms with van der Waals surface area (Å²) in [6, 6.07) is 10.7. The van der Waals surface area contributed by atoms with Gasteiger partial charge in [-0.1, -0.05) is 41.1 Å². The number of halogens is 2. The van der Waals surface area contributed by atoms with Crippen LogP contribution in [-0.2, 0) is 9.53 Å². The number of fused-ring (bicyclic) bond motifs is 1. The van der Waals surface area contributed by atoms with Crippen LogP contribution in [0.15, 0.2) is 63.5 Å². The molecule has 0 radical (unpaired) electrons. The van der Waals surface area contributed by atoms with E-state index in [0.717, 1.165) is 11.3 Å². The first-order valence-corrected chi connectivity index (χ1v) is 11.9. The number of hydrogen-bond donors (Lipinski definition) is 0. The zero-order valence-corrected chi connectivity index (χ0v) is 20.4. The standard InChI is InChI=1S/C25H22ClFN2O4S/c1-4-32-16-11-9-15(10-12-16)22-21(24(31)33-5-2)14(3)28-25-29(22)23(30)20(34-25)13-17-18(26)7-6-8-19(17)27/h6-13,22H,4-5H2,1-3H3/b20-13-. The topological polar surface area (TPSA) is 69.9 Å². The van der Waals surface area contributed by atoms with Crippen LogP contribution in [0.1, 0.15) is 37.9 Å². The minimum atomic E-state index is -0.760. The predicted octanol–water partition coefficient (Wildman–Crippen LogP) is 3.99. The van der Waals surface area contributed by atoms with Crippen LogP contribution in [0.25, 0.3) is 6.08 Å². The van der Waals surface area contributed by atoms with Crippen LogP contribution in [0.4, 0.5) is 4.39 Å². The zero-order chi connectivity index (χ0) is 24.4. The van der Waals surface area contributed by atoms with E-state index in [1.165, 1.54) is 22.8 Å². The molecule has 0 saturated heterocycles. The van der Waals surface area contributed by atoms with E-state index in [1.807, 2.05) is 6.92 Å². The number of allylic oxidation sites excluding steroid dienone is 1. The second kappa shape index (κ2) is 9.95. The molecule has 0 saturated carbocycles. The fourth-order valence-electron chi connectivity index (χ4n) is 3.80. The molecule has 2 heterocycles. The molecule has 0 spiro atoms. The lowest BCUT2D eigenvalue weighted by atomic mass is 9.96. The van der Waals surface area contributed by atoms with Crippen molar-refractivity contribution < 1.29 is 18.7 Å². The Bertz CT molecular complexity index is 1440. The van der Waals surface area contributed by atoms with Gasteiger partial charge in [0.25, 0.3) is 5.56 Å². The molecule has 0 N–H and O–H groups in total. The molecule has 4 rings (SSSR count). The van der Waals surface area contributed by atoms with E-state index in [0.29, 0.717) is 28.4 Å². The van der Waals surface area contributed by atoms with Crippen molar-refractivity contribution >= 4 is 35.0 Å². The molecule has 0 fully saturated rings. The monoisotopic (exact) mass is 500 g/mol. The number of ether oxygens (including phenoxy) is 2. The molecule has 6 nitrogen and oxygen atoms in total. The Balaban J connectivity index is 1.95. The maximum atomic E-state index is 14.4. The highest BCUT2D eigenvalue weighted by molar-refractivity contribution is 7.07. The lowest BCUT2D eigenvalue weighted by Gasteiger charge is -2.24. The van der Waals surface area contributed by atoms with Crippen molar-refractivity contribution in [3.05, 3.63) is 95.4 Å². The number of rotatable bonds is 6. The summed E-state index contributed by atoms with van der Waals surface area (Å²) in [5.41, 5.74) is 1.13. The molecule has 176 valence electrons. The Labute approximate surface area is 204 Å². The number of esters is 1. The highest BCUT2D eigenvalue weighted by atomic mass is 35.5. The zero-order valence-electron chi connectivity index (χ0n) is 18.8. The molecular weight excluding hydrogens is 479 g/mol. The molecule has 2 aromatic carbocycles. The van der Waals surface area contributed by atoms with Gasteiger partial charge in [0.05, 0.1) is 40.1 Å². The number of carbonyl (C=O) groups is 1. The number of hydrogen-bond acceptors (Lipinski definition) is 6. The molecule has 0 amide bonds. The van der Waals surface area contributed by atoms with Gasteiger partial charge in [0, 0.05) is 5.56 Å². The van der Waals surface area contributed by atoms with Crippen LogP contribution in [0.5, 0.6) is 5.75 Å². The van der Waals surface area contributed by atoms with Gasteiger partial charge in [0.1, 0.15) is 11.6 Å². The minimum absolute atomic E-state index is 0.119. The molecule has 3 aromatic rings. The third-order valence-corrected chi connectivity index (χ3v) is 6.61. The van der Waals surface area contributed by atoms with Gasteiger partial charge in [-0.05, 0) is 56.7 Å². The normalized spacial score (nSPS) is 15.7. The van der Waals surface area contributed by atoms with Gasteiger partial charge in [-0.15, -0.1) is 0 Å². The van der Waals surface area contributed by atoms with Crippen molar-refractivity contribution in [2.24, 2.45) is 4.99 Å². The Hall–Kier alpha value is -3.23. The fraction of sp³-hybridized carbons (Fsp3) is 0.240. The Morgan fingerprint density at radius 1 is 1.21 bits per heavy atom. The van der Waals surface area contributed by atoms with E-state index in [9.17, 15) is 14.0 Å². The van der Waals surface area contributed by atoms with E-state index >= 15 is 0 Å². The summed E-state index contributed by atoms with van der Waals surface area (Å²) in [6.45, 7) is 6.01. The number of benzene rings is 2. The van der Waals surface area contributed by atoms with Crippen molar-refractivity contribution in [3.63, 3.8) is 0 Å². The van der Waals surface area contributed by atoms with Crippen LogP contribution in [0, 0.1) is 5.82 Å². The third kappa shape index (κ3) is 4.43. The Kier molecular flexibility index (Phi) is 7.00. The van der Waals surface area contributed by atoms with E-state index in [1.54, 1.807) is 44.2 Å². The highest BCUT2D eigenvalue weighted by Crippen LogP contribution is 2.31. The SMILES string of the molecule is CCOC(=O)C1=C(C)N=c2s/c(=C\c3c(F)cccc3Cl)c(=O)n2C1c1ccc(OCC)cc1. The first kappa shape index (κ1) is 23.9. The molecule has 0 aliphatic carbocycles. The molecule has 1 unspecified atom stereocenters. The summed E-state index contributed by atoms with van der Waals surface area (Å²) in [5.74, 6) is -0.412. The molecule has 0 bridgehead atoms. The summed E-state index contributed by atoms with van der Waals surface area (Å²) < 4.78 is 26.9. The number of nitrogens with zero attached hydrogens (tertiary/aromatic N) is 2. The lowest BCUT2D eigenvalue weighted by molar-refractivity contribution is -0.139. The van der Waals surface area contributed by atoms with Gasteiger partial charge < -0.3 is 9.47 Å². The van der Waals surface area contributed by atoms with Gasteiger partial charge in [0.15, 0.2) is 4.80 Å². The third-order valence-electron chi connectivity index (χ3n) is 5.30. The summed E-state index contributed by atoms with van der Waals surface area (Å²) >= 11 is 7.27. The summed E-state index contributed by atoms with van der Waals surface area (Å²) in [6.07, 6.45) is 1.42. The van der Waals surface area contributed by atoms with Crippen LogP contribution < -0.4 is 19.6 Å². The van der Waals surface area contributed by atoms with Crippen LogP contribution in [0.3, 0.4) is 0 Å². The molecule has 1 atom stereocenters. The average Bonchev–Trinajstić information content (AvgIpc) is 3.11. The van der Waals surface area contributed by atoms with Crippen molar-refractivity contribution in [1.82, 2.24) is 4.57 Å². The second-order valence-corrected chi connectivity index (χ2v) is 8.86. The quantitative estimate of drug-likeness (QED) is 0.480. The molecule has 34 heavy (non-hydrogen) atoms. The Morgan fingerprint density at radius 2 is 1.94 bits per heavy atom. The number of aromatic nitrogens is 1. The van der Waals surface area contributed by atoms with Crippen LogP contribution in [0.2, 0.25) is 5.02 Å².